The van der Waals surface area contributed by atoms with E-state index in [2.05, 4.69) is 27.1 Å². The van der Waals surface area contributed by atoms with Crippen LogP contribution >= 0.6 is 0 Å². The molecule has 31 heavy (non-hydrogen) atoms. The molecule has 2 aromatic carbocycles. The summed E-state index contributed by atoms with van der Waals surface area (Å²) in [6, 6.07) is 20.0. The molecular weight excluding hydrogens is 390 g/mol. The number of hydrogen-bond acceptors (Lipinski definition) is 5. The predicted octanol–water partition coefficient (Wildman–Crippen LogP) is 3.02. The number of ether oxygens (including phenoxy) is 1. The van der Waals surface area contributed by atoms with Crippen molar-refractivity contribution in [1.29, 1.82) is 0 Å². The monoisotopic (exact) mass is 415 g/mol. The first-order valence-electron chi connectivity index (χ1n) is 10.6. The Balaban J connectivity index is 1.63. The quantitative estimate of drug-likeness (QED) is 0.656. The van der Waals surface area contributed by atoms with Gasteiger partial charge in [-0.25, -0.2) is 4.68 Å². The summed E-state index contributed by atoms with van der Waals surface area (Å²) in [5.74, 6) is 0.780. The number of amides is 1. The van der Waals surface area contributed by atoms with Gasteiger partial charge in [0, 0.05) is 18.8 Å². The van der Waals surface area contributed by atoms with Gasteiger partial charge in [0.1, 0.15) is 12.4 Å². The second-order valence-electron chi connectivity index (χ2n) is 7.79. The van der Waals surface area contributed by atoms with Gasteiger partial charge in [-0.3, -0.25) is 4.79 Å². The van der Waals surface area contributed by atoms with E-state index in [-0.39, 0.29) is 11.9 Å². The number of carbonyl (C=O) groups excluding carboxylic acids is 1. The summed E-state index contributed by atoms with van der Waals surface area (Å²) in [5.41, 5.74) is 3.81. The zero-order chi connectivity index (χ0) is 21.2. The van der Waals surface area contributed by atoms with E-state index < -0.39 is 0 Å². The second-order valence-corrected chi connectivity index (χ2v) is 7.79. The van der Waals surface area contributed by atoms with Gasteiger partial charge >= 0.3 is 0 Å². The van der Waals surface area contributed by atoms with Crippen molar-refractivity contribution in [2.45, 2.75) is 19.5 Å². The van der Waals surface area contributed by atoms with Crippen LogP contribution in [0.2, 0.25) is 0 Å². The van der Waals surface area contributed by atoms with Gasteiger partial charge in [-0.2, -0.15) is 10.1 Å². The third kappa shape index (κ3) is 3.61. The minimum Gasteiger partial charge on any atom is -0.378 e. The zero-order valence-corrected chi connectivity index (χ0v) is 17.5. The van der Waals surface area contributed by atoms with Gasteiger partial charge in [0.15, 0.2) is 0 Å². The topological polar surface area (TPSA) is 63.5 Å². The molecule has 1 saturated heterocycles. The first kappa shape index (κ1) is 19.5. The molecule has 2 aliphatic rings. The molecule has 1 aromatic heterocycles. The van der Waals surface area contributed by atoms with Gasteiger partial charge in [0.05, 0.1) is 25.3 Å². The molecule has 1 amide bonds. The van der Waals surface area contributed by atoms with Crippen molar-refractivity contribution < 1.29 is 9.53 Å². The van der Waals surface area contributed by atoms with Crippen molar-refractivity contribution in [3.05, 3.63) is 89.4 Å². The van der Waals surface area contributed by atoms with E-state index in [0.717, 1.165) is 28.3 Å². The smallest absolute Gasteiger partial charge is 0.254 e. The molecule has 1 fully saturated rings. The lowest BCUT2D eigenvalue weighted by Crippen LogP contribution is -2.45. The van der Waals surface area contributed by atoms with E-state index in [1.165, 1.54) is 0 Å². The number of allylic oxidation sites excluding steroid dienone is 1. The number of fused-ring (bicyclic) bond motifs is 1. The van der Waals surface area contributed by atoms with E-state index in [4.69, 9.17) is 4.74 Å². The van der Waals surface area contributed by atoms with Crippen LogP contribution in [0, 0.1) is 0 Å². The Morgan fingerprint density at radius 2 is 1.71 bits per heavy atom. The van der Waals surface area contributed by atoms with Gasteiger partial charge in [0.2, 0.25) is 5.95 Å². The summed E-state index contributed by atoms with van der Waals surface area (Å²) >= 11 is 0. The Morgan fingerprint density at radius 1 is 1.03 bits per heavy atom. The van der Waals surface area contributed by atoms with Crippen molar-refractivity contribution in [2.75, 3.05) is 31.2 Å². The fourth-order valence-corrected chi connectivity index (χ4v) is 4.34. The van der Waals surface area contributed by atoms with Crippen LogP contribution in [0.25, 0.3) is 0 Å². The van der Waals surface area contributed by atoms with Crippen molar-refractivity contribution >= 4 is 11.9 Å². The Morgan fingerprint density at radius 3 is 2.42 bits per heavy atom. The molecule has 0 radical (unpaired) electrons. The number of rotatable bonds is 4. The van der Waals surface area contributed by atoms with E-state index in [0.29, 0.717) is 32.8 Å². The Kier molecular flexibility index (Phi) is 5.26. The molecule has 5 rings (SSSR count). The average molecular weight is 415 g/mol. The molecule has 7 heteroatoms. The van der Waals surface area contributed by atoms with Crippen molar-refractivity contribution in [1.82, 2.24) is 19.7 Å². The number of aromatic nitrogens is 3. The average Bonchev–Trinajstić information content (AvgIpc) is 3.31. The van der Waals surface area contributed by atoms with Crippen LogP contribution in [0.5, 0.6) is 0 Å². The zero-order valence-electron chi connectivity index (χ0n) is 17.5. The molecule has 7 nitrogen and oxygen atoms in total. The molecule has 0 spiro atoms. The van der Waals surface area contributed by atoms with Crippen LogP contribution in [0.1, 0.15) is 24.1 Å². The third-order valence-corrected chi connectivity index (χ3v) is 5.94. The first-order valence-corrected chi connectivity index (χ1v) is 10.6. The Labute approximate surface area is 181 Å². The highest BCUT2D eigenvalue weighted by molar-refractivity contribution is 5.97. The van der Waals surface area contributed by atoms with Gasteiger partial charge in [0.25, 0.3) is 5.91 Å². The molecular formula is C24H25N5O2. The van der Waals surface area contributed by atoms with E-state index >= 15 is 0 Å². The number of morpholine rings is 1. The molecule has 0 bridgehead atoms. The highest BCUT2D eigenvalue weighted by atomic mass is 16.5. The number of benzene rings is 2. The van der Waals surface area contributed by atoms with Crippen LogP contribution in [-0.4, -0.2) is 51.9 Å². The summed E-state index contributed by atoms with van der Waals surface area (Å²) in [6.45, 7) is 4.96. The molecule has 1 atom stereocenters. The first-order chi connectivity index (χ1) is 15.2. The summed E-state index contributed by atoms with van der Waals surface area (Å²) in [4.78, 5) is 22.3. The van der Waals surface area contributed by atoms with Gasteiger partial charge in [-0.15, -0.1) is 0 Å². The molecule has 1 unspecified atom stereocenters. The molecule has 0 saturated carbocycles. The van der Waals surface area contributed by atoms with Gasteiger partial charge < -0.3 is 14.5 Å². The van der Waals surface area contributed by atoms with Crippen LogP contribution in [0.3, 0.4) is 0 Å². The minimum atomic E-state index is -0.318. The normalized spacial score (nSPS) is 18.8. The van der Waals surface area contributed by atoms with Crippen molar-refractivity contribution in [3.63, 3.8) is 0 Å². The lowest BCUT2D eigenvalue weighted by Gasteiger charge is -2.38. The molecule has 2 aliphatic heterocycles. The Bertz CT molecular complexity index is 1090. The highest BCUT2D eigenvalue weighted by Crippen LogP contribution is 2.39. The predicted molar refractivity (Wildman–Crippen MR) is 117 cm³/mol. The third-order valence-electron chi connectivity index (χ3n) is 5.94. The summed E-state index contributed by atoms with van der Waals surface area (Å²) in [5, 5.41) is 4.55. The summed E-state index contributed by atoms with van der Waals surface area (Å²) < 4.78 is 7.35. The maximum atomic E-state index is 13.8. The Hall–Kier alpha value is -3.45. The van der Waals surface area contributed by atoms with E-state index in [9.17, 15) is 4.79 Å². The maximum Gasteiger partial charge on any atom is 0.254 e. The highest BCUT2D eigenvalue weighted by Gasteiger charge is 2.38. The van der Waals surface area contributed by atoms with Crippen molar-refractivity contribution in [3.8, 4) is 0 Å². The minimum absolute atomic E-state index is 0.0360. The fourth-order valence-electron chi connectivity index (χ4n) is 4.34. The molecule has 158 valence electrons. The van der Waals surface area contributed by atoms with Crippen molar-refractivity contribution in [2.24, 2.45) is 0 Å². The molecule has 3 heterocycles. The molecule has 0 N–H and O–H groups in total. The summed E-state index contributed by atoms with van der Waals surface area (Å²) in [6.07, 6.45) is 1.57. The van der Waals surface area contributed by atoms with Crippen LogP contribution in [-0.2, 0) is 16.1 Å². The number of nitrogens with zero attached hydrogens (tertiary/aromatic N) is 5. The van der Waals surface area contributed by atoms with Crippen LogP contribution < -0.4 is 4.90 Å². The maximum absolute atomic E-state index is 13.8. The lowest BCUT2D eigenvalue weighted by atomic mass is 9.93. The van der Waals surface area contributed by atoms with Gasteiger partial charge in [-0.1, -0.05) is 60.7 Å². The lowest BCUT2D eigenvalue weighted by molar-refractivity contribution is -0.131. The van der Waals surface area contributed by atoms with E-state index in [1.54, 1.807) is 6.33 Å². The van der Waals surface area contributed by atoms with E-state index in [1.807, 2.05) is 65.0 Å². The van der Waals surface area contributed by atoms with Gasteiger partial charge in [-0.05, 0) is 18.1 Å². The molecule has 3 aromatic rings. The van der Waals surface area contributed by atoms with Crippen LogP contribution in [0.4, 0.5) is 5.95 Å². The SMILES string of the molecule is CC1=C(C(=O)N2CCOCC2)C(c2ccccc2)n2ncnc2N1Cc1ccccc1. The largest absolute Gasteiger partial charge is 0.378 e. The standard InChI is InChI=1S/C24H25N5O2/c1-18-21(23(30)27-12-14-31-15-13-27)22(20-10-6-3-7-11-20)29-24(25-17-26-29)28(18)16-19-8-4-2-5-9-19/h2-11,17,22H,12-16H2,1H3. The number of hydrogen-bond donors (Lipinski definition) is 0. The summed E-state index contributed by atoms with van der Waals surface area (Å²) in [7, 11) is 0. The fraction of sp³-hybridized carbons (Fsp3) is 0.292. The number of anilines is 1. The van der Waals surface area contributed by atoms with Crippen LogP contribution in [0.15, 0.2) is 78.3 Å². The number of carbonyl (C=O) groups is 1. The molecule has 0 aliphatic carbocycles. The second kappa shape index (κ2) is 8.35.